The normalized spacial score (nSPS) is 11.3. The van der Waals surface area contributed by atoms with Gasteiger partial charge in [-0.2, -0.15) is 13.5 Å². The predicted molar refractivity (Wildman–Crippen MR) is 73.1 cm³/mol. The number of nitrogens with zero attached hydrogens (tertiary/aromatic N) is 1. The standard InChI is InChI=1S/C12H15N3O4S/c1-8-5-10(3-4-11(8)19-2)15-20(17,18)12-9(7-16)6-13-14-12/h3-6,15-16H,7H2,1-2H3,(H,13,14). The average Bonchev–Trinajstić information content (AvgIpc) is 2.87. The van der Waals surface area contributed by atoms with E-state index in [1.165, 1.54) is 6.20 Å². The van der Waals surface area contributed by atoms with Gasteiger partial charge >= 0.3 is 0 Å². The molecule has 1 heterocycles. The van der Waals surface area contributed by atoms with Gasteiger partial charge < -0.3 is 9.84 Å². The van der Waals surface area contributed by atoms with Gasteiger partial charge in [-0.1, -0.05) is 0 Å². The van der Waals surface area contributed by atoms with E-state index >= 15 is 0 Å². The Kier molecular flexibility index (Phi) is 3.96. The van der Waals surface area contributed by atoms with Gasteiger partial charge in [0.15, 0.2) is 5.03 Å². The van der Waals surface area contributed by atoms with Crippen molar-refractivity contribution in [3.8, 4) is 5.75 Å². The number of hydrogen-bond acceptors (Lipinski definition) is 5. The summed E-state index contributed by atoms with van der Waals surface area (Å²) in [6.07, 6.45) is 1.27. The van der Waals surface area contributed by atoms with Crippen LogP contribution in [0.2, 0.25) is 0 Å². The van der Waals surface area contributed by atoms with Crippen LogP contribution in [-0.4, -0.2) is 30.8 Å². The molecule has 3 N–H and O–H groups in total. The quantitative estimate of drug-likeness (QED) is 0.764. The second kappa shape index (κ2) is 5.51. The molecule has 2 aromatic rings. The Morgan fingerprint density at radius 3 is 2.80 bits per heavy atom. The third-order valence-corrected chi connectivity index (χ3v) is 4.16. The number of benzene rings is 1. The summed E-state index contributed by atoms with van der Waals surface area (Å²) in [5.74, 6) is 0.672. The molecule has 0 bridgehead atoms. The maximum Gasteiger partial charge on any atom is 0.279 e. The van der Waals surface area contributed by atoms with Crippen molar-refractivity contribution < 1.29 is 18.3 Å². The molecule has 0 amide bonds. The molecular weight excluding hydrogens is 282 g/mol. The number of aryl methyl sites for hydroxylation is 1. The van der Waals surface area contributed by atoms with Crippen molar-refractivity contribution in [3.63, 3.8) is 0 Å². The van der Waals surface area contributed by atoms with Crippen molar-refractivity contribution in [2.24, 2.45) is 0 Å². The third kappa shape index (κ3) is 2.75. The van der Waals surface area contributed by atoms with E-state index in [0.717, 1.165) is 5.56 Å². The lowest BCUT2D eigenvalue weighted by molar-refractivity contribution is 0.278. The molecular formula is C12H15N3O4S. The van der Waals surface area contributed by atoms with Gasteiger partial charge in [0, 0.05) is 11.3 Å². The first-order valence-corrected chi connectivity index (χ1v) is 7.27. The number of sulfonamides is 1. The van der Waals surface area contributed by atoms with Crippen LogP contribution in [-0.2, 0) is 16.6 Å². The van der Waals surface area contributed by atoms with Crippen molar-refractivity contribution in [3.05, 3.63) is 35.5 Å². The summed E-state index contributed by atoms with van der Waals surface area (Å²) in [4.78, 5) is 0. The maximum atomic E-state index is 12.2. The molecule has 2 rings (SSSR count). The van der Waals surface area contributed by atoms with Crippen molar-refractivity contribution in [2.45, 2.75) is 18.6 Å². The maximum absolute atomic E-state index is 12.2. The number of hydrogen-bond donors (Lipinski definition) is 3. The summed E-state index contributed by atoms with van der Waals surface area (Å²) in [6, 6.07) is 4.93. The SMILES string of the molecule is COc1ccc(NS(=O)(=O)c2[nH]ncc2CO)cc1C. The largest absolute Gasteiger partial charge is 0.496 e. The number of nitrogens with one attached hydrogen (secondary N) is 2. The second-order valence-corrected chi connectivity index (χ2v) is 5.79. The summed E-state index contributed by atoms with van der Waals surface area (Å²) in [6.45, 7) is 1.40. The van der Waals surface area contributed by atoms with Crippen molar-refractivity contribution >= 4 is 15.7 Å². The first kappa shape index (κ1) is 14.4. The number of aromatic amines is 1. The molecule has 0 fully saturated rings. The molecule has 0 aliphatic carbocycles. The summed E-state index contributed by atoms with van der Waals surface area (Å²) in [5, 5.41) is 14.9. The van der Waals surface area contributed by atoms with E-state index in [2.05, 4.69) is 14.9 Å². The van der Waals surface area contributed by atoms with E-state index in [1.807, 2.05) is 6.92 Å². The smallest absolute Gasteiger partial charge is 0.279 e. The van der Waals surface area contributed by atoms with E-state index in [-0.39, 0.29) is 10.6 Å². The van der Waals surface area contributed by atoms with E-state index in [9.17, 15) is 8.42 Å². The van der Waals surface area contributed by atoms with Crippen LogP contribution in [0.3, 0.4) is 0 Å². The molecule has 20 heavy (non-hydrogen) atoms. The molecule has 7 nitrogen and oxygen atoms in total. The third-order valence-electron chi connectivity index (χ3n) is 2.76. The number of ether oxygens (including phenoxy) is 1. The molecule has 0 radical (unpaired) electrons. The molecule has 0 aliphatic heterocycles. The zero-order valence-electron chi connectivity index (χ0n) is 11.0. The minimum absolute atomic E-state index is 0.145. The fourth-order valence-corrected chi connectivity index (χ4v) is 2.97. The van der Waals surface area contributed by atoms with Gasteiger partial charge in [-0.3, -0.25) is 9.82 Å². The van der Waals surface area contributed by atoms with Gasteiger partial charge in [0.25, 0.3) is 10.0 Å². The van der Waals surface area contributed by atoms with Crippen LogP contribution in [0.25, 0.3) is 0 Å². The molecule has 0 atom stereocenters. The zero-order chi connectivity index (χ0) is 14.8. The molecule has 8 heteroatoms. The monoisotopic (exact) mass is 297 g/mol. The summed E-state index contributed by atoms with van der Waals surface area (Å²) in [5.41, 5.74) is 1.42. The number of anilines is 1. The summed E-state index contributed by atoms with van der Waals surface area (Å²) in [7, 11) is -2.27. The van der Waals surface area contributed by atoms with Crippen LogP contribution in [0.5, 0.6) is 5.75 Å². The first-order chi connectivity index (χ1) is 9.47. The van der Waals surface area contributed by atoms with Crippen LogP contribution >= 0.6 is 0 Å². The van der Waals surface area contributed by atoms with Crippen LogP contribution in [0, 0.1) is 6.92 Å². The van der Waals surface area contributed by atoms with E-state index in [1.54, 1.807) is 25.3 Å². The first-order valence-electron chi connectivity index (χ1n) is 5.78. The minimum Gasteiger partial charge on any atom is -0.496 e. The topological polar surface area (TPSA) is 104 Å². The van der Waals surface area contributed by atoms with Crippen molar-refractivity contribution in [1.29, 1.82) is 0 Å². The summed E-state index contributed by atoms with van der Waals surface area (Å²) < 4.78 is 31.9. The molecule has 108 valence electrons. The van der Waals surface area contributed by atoms with Gasteiger partial charge in [0.2, 0.25) is 0 Å². The lowest BCUT2D eigenvalue weighted by atomic mass is 10.2. The predicted octanol–water partition coefficient (Wildman–Crippen LogP) is 1.02. The van der Waals surface area contributed by atoms with E-state index in [0.29, 0.717) is 11.4 Å². The second-order valence-electron chi connectivity index (χ2n) is 4.17. The highest BCUT2D eigenvalue weighted by atomic mass is 32.2. The number of H-pyrrole nitrogens is 1. The van der Waals surface area contributed by atoms with Gasteiger partial charge in [0.05, 0.1) is 19.9 Å². The van der Waals surface area contributed by atoms with Crippen molar-refractivity contribution in [1.82, 2.24) is 10.2 Å². The molecule has 1 aromatic heterocycles. The molecule has 0 saturated carbocycles. The fourth-order valence-electron chi connectivity index (χ4n) is 1.79. The Morgan fingerprint density at radius 1 is 1.45 bits per heavy atom. The lowest BCUT2D eigenvalue weighted by Crippen LogP contribution is -2.15. The average molecular weight is 297 g/mol. The summed E-state index contributed by atoms with van der Waals surface area (Å²) >= 11 is 0. The lowest BCUT2D eigenvalue weighted by Gasteiger charge is -2.10. The van der Waals surface area contributed by atoms with Gasteiger partial charge in [-0.05, 0) is 30.7 Å². The zero-order valence-corrected chi connectivity index (χ0v) is 11.9. The Labute approximate surface area is 116 Å². The minimum atomic E-state index is -3.82. The van der Waals surface area contributed by atoms with Gasteiger partial charge in [0.1, 0.15) is 5.75 Å². The molecule has 1 aromatic carbocycles. The van der Waals surface area contributed by atoms with Gasteiger partial charge in [-0.25, -0.2) is 0 Å². The number of methoxy groups -OCH3 is 1. The number of aliphatic hydroxyl groups is 1. The molecule has 0 aliphatic rings. The highest BCUT2D eigenvalue weighted by Gasteiger charge is 2.20. The Bertz CT molecular complexity index is 709. The van der Waals surface area contributed by atoms with Crippen LogP contribution in [0.4, 0.5) is 5.69 Å². The highest BCUT2D eigenvalue weighted by molar-refractivity contribution is 7.92. The van der Waals surface area contributed by atoms with E-state index < -0.39 is 16.6 Å². The molecule has 0 saturated heterocycles. The van der Waals surface area contributed by atoms with Gasteiger partial charge in [-0.15, -0.1) is 0 Å². The fraction of sp³-hybridized carbons (Fsp3) is 0.250. The number of aromatic nitrogens is 2. The van der Waals surface area contributed by atoms with Crippen molar-refractivity contribution in [2.75, 3.05) is 11.8 Å². The highest BCUT2D eigenvalue weighted by Crippen LogP contribution is 2.23. The molecule has 0 unspecified atom stereocenters. The Balaban J connectivity index is 2.31. The molecule has 0 spiro atoms. The van der Waals surface area contributed by atoms with Crippen LogP contribution in [0.15, 0.2) is 29.4 Å². The van der Waals surface area contributed by atoms with Crippen LogP contribution in [0.1, 0.15) is 11.1 Å². The Morgan fingerprint density at radius 2 is 2.20 bits per heavy atom. The van der Waals surface area contributed by atoms with E-state index in [4.69, 9.17) is 9.84 Å². The number of rotatable bonds is 5. The van der Waals surface area contributed by atoms with Crippen LogP contribution < -0.4 is 9.46 Å². The Hall–Kier alpha value is -2.06. The number of aliphatic hydroxyl groups excluding tert-OH is 1.